The minimum Gasteiger partial charge on any atom is -0.497 e. The maximum Gasteiger partial charge on any atom is 0.410 e. The average Bonchev–Trinajstić information content (AvgIpc) is 3.32. The average molecular weight is 476 g/mol. The van der Waals surface area contributed by atoms with Crippen LogP contribution >= 0.6 is 0 Å². The first kappa shape index (κ1) is 24.4. The maximum atomic E-state index is 12.9. The van der Waals surface area contributed by atoms with E-state index >= 15 is 0 Å². The van der Waals surface area contributed by atoms with Crippen molar-refractivity contribution in [2.45, 2.75) is 45.3 Å². The van der Waals surface area contributed by atoms with E-state index in [4.69, 9.17) is 14.2 Å². The number of nitrogens with zero attached hydrogens (tertiary/aromatic N) is 3. The van der Waals surface area contributed by atoms with E-state index in [1.807, 2.05) is 80.3 Å². The van der Waals surface area contributed by atoms with Gasteiger partial charge in [0.25, 0.3) is 0 Å². The third-order valence-corrected chi connectivity index (χ3v) is 5.78. The second kappa shape index (κ2) is 10.7. The number of ether oxygens (including phenoxy) is 3. The first-order valence-electron chi connectivity index (χ1n) is 11.9. The Morgan fingerprint density at radius 2 is 1.74 bits per heavy atom. The number of carbonyl (C=O) groups excluding carboxylic acids is 1. The van der Waals surface area contributed by atoms with E-state index < -0.39 is 5.60 Å². The van der Waals surface area contributed by atoms with Crippen molar-refractivity contribution >= 4 is 17.5 Å². The summed E-state index contributed by atoms with van der Waals surface area (Å²) in [4.78, 5) is 21.5. The van der Waals surface area contributed by atoms with Gasteiger partial charge in [0, 0.05) is 25.0 Å². The lowest BCUT2D eigenvalue weighted by molar-refractivity contribution is 0.0232. The van der Waals surface area contributed by atoms with Crippen molar-refractivity contribution in [1.82, 2.24) is 9.88 Å². The number of benzene rings is 2. The van der Waals surface area contributed by atoms with Gasteiger partial charge in [0.1, 0.15) is 22.8 Å². The highest BCUT2D eigenvalue weighted by Crippen LogP contribution is 2.36. The SMILES string of the molecule is COc1ccc(Oc2ncccc2N(CC2CCCN2C(=O)OC(C)(C)C)c2ccccc2)cc1. The molecule has 4 rings (SSSR count). The lowest BCUT2D eigenvalue weighted by Gasteiger charge is -2.33. The van der Waals surface area contributed by atoms with E-state index in [1.54, 1.807) is 13.3 Å². The molecule has 1 aliphatic rings. The summed E-state index contributed by atoms with van der Waals surface area (Å²) >= 11 is 0. The molecule has 184 valence electrons. The Kier molecular flexibility index (Phi) is 7.44. The highest BCUT2D eigenvalue weighted by Gasteiger charge is 2.34. The van der Waals surface area contributed by atoms with Crippen LogP contribution in [0.4, 0.5) is 16.2 Å². The van der Waals surface area contributed by atoms with Crippen LogP contribution in [0.1, 0.15) is 33.6 Å². The zero-order chi connectivity index (χ0) is 24.8. The number of amides is 1. The Hall–Kier alpha value is -3.74. The molecule has 7 heteroatoms. The zero-order valence-electron chi connectivity index (χ0n) is 20.8. The number of aromatic nitrogens is 1. The van der Waals surface area contributed by atoms with Crippen LogP contribution in [0, 0.1) is 0 Å². The van der Waals surface area contributed by atoms with Gasteiger partial charge in [-0.25, -0.2) is 9.78 Å². The molecule has 1 saturated heterocycles. The number of rotatable bonds is 7. The molecule has 1 fully saturated rings. The number of methoxy groups -OCH3 is 1. The normalized spacial score (nSPS) is 15.5. The first-order valence-corrected chi connectivity index (χ1v) is 11.9. The number of anilines is 2. The predicted molar refractivity (Wildman–Crippen MR) is 137 cm³/mol. The third-order valence-electron chi connectivity index (χ3n) is 5.78. The second-order valence-corrected chi connectivity index (χ2v) is 9.52. The van der Waals surface area contributed by atoms with Crippen LogP contribution in [0.3, 0.4) is 0 Å². The lowest BCUT2D eigenvalue weighted by atomic mass is 10.1. The lowest BCUT2D eigenvalue weighted by Crippen LogP contribution is -2.44. The molecule has 0 spiro atoms. The molecule has 1 unspecified atom stereocenters. The monoisotopic (exact) mass is 475 g/mol. The Morgan fingerprint density at radius 3 is 2.43 bits per heavy atom. The molecular weight excluding hydrogens is 442 g/mol. The minimum absolute atomic E-state index is 0.000835. The zero-order valence-corrected chi connectivity index (χ0v) is 20.8. The maximum absolute atomic E-state index is 12.9. The number of carbonyl (C=O) groups is 1. The summed E-state index contributed by atoms with van der Waals surface area (Å²) < 4.78 is 17.1. The molecule has 7 nitrogen and oxygen atoms in total. The van der Waals surface area contributed by atoms with Crippen molar-refractivity contribution in [1.29, 1.82) is 0 Å². The van der Waals surface area contributed by atoms with Crippen molar-refractivity contribution < 1.29 is 19.0 Å². The van der Waals surface area contributed by atoms with Crippen LogP contribution in [-0.2, 0) is 4.74 Å². The molecule has 0 bridgehead atoms. The molecule has 1 aromatic heterocycles. The molecule has 2 heterocycles. The van der Waals surface area contributed by atoms with Gasteiger partial charge in [-0.05, 0) is 82.1 Å². The fraction of sp³-hybridized carbons (Fsp3) is 0.357. The quantitative estimate of drug-likeness (QED) is 0.393. The van der Waals surface area contributed by atoms with Gasteiger partial charge in [-0.1, -0.05) is 18.2 Å². The van der Waals surface area contributed by atoms with Crippen molar-refractivity contribution in [2.75, 3.05) is 25.1 Å². The van der Waals surface area contributed by atoms with Crippen LogP contribution in [0.5, 0.6) is 17.4 Å². The molecule has 0 aliphatic carbocycles. The molecule has 0 radical (unpaired) electrons. The van der Waals surface area contributed by atoms with Crippen molar-refractivity contribution in [3.8, 4) is 17.4 Å². The summed E-state index contributed by atoms with van der Waals surface area (Å²) in [5.41, 5.74) is 1.29. The number of hydrogen-bond donors (Lipinski definition) is 0. The molecular formula is C28H33N3O4. The van der Waals surface area contributed by atoms with Crippen LogP contribution in [-0.4, -0.2) is 47.8 Å². The fourth-order valence-corrected chi connectivity index (χ4v) is 4.17. The van der Waals surface area contributed by atoms with Crippen LogP contribution in [0.2, 0.25) is 0 Å². The largest absolute Gasteiger partial charge is 0.497 e. The summed E-state index contributed by atoms with van der Waals surface area (Å²) in [5, 5.41) is 0. The van der Waals surface area contributed by atoms with Gasteiger partial charge in [-0.2, -0.15) is 0 Å². The van der Waals surface area contributed by atoms with Gasteiger partial charge in [0.15, 0.2) is 0 Å². The molecule has 2 aromatic carbocycles. The number of para-hydroxylation sites is 1. The van der Waals surface area contributed by atoms with Gasteiger partial charge in [0.2, 0.25) is 5.88 Å². The summed E-state index contributed by atoms with van der Waals surface area (Å²) in [6.45, 7) is 6.96. The van der Waals surface area contributed by atoms with E-state index in [1.165, 1.54) is 0 Å². The minimum atomic E-state index is -0.536. The van der Waals surface area contributed by atoms with Gasteiger partial charge in [0.05, 0.1) is 13.2 Å². The van der Waals surface area contributed by atoms with Gasteiger partial charge >= 0.3 is 6.09 Å². The molecule has 0 saturated carbocycles. The Morgan fingerprint density at radius 1 is 1.03 bits per heavy atom. The number of likely N-dealkylation sites (tertiary alicyclic amines) is 1. The highest BCUT2D eigenvalue weighted by atomic mass is 16.6. The third kappa shape index (κ3) is 6.23. The van der Waals surface area contributed by atoms with E-state index in [-0.39, 0.29) is 12.1 Å². The van der Waals surface area contributed by atoms with Crippen molar-refractivity contribution in [3.63, 3.8) is 0 Å². The Labute approximate surface area is 207 Å². The summed E-state index contributed by atoms with van der Waals surface area (Å²) in [6.07, 6.45) is 3.29. The molecule has 3 aromatic rings. The fourth-order valence-electron chi connectivity index (χ4n) is 4.17. The van der Waals surface area contributed by atoms with Crippen molar-refractivity contribution in [2.24, 2.45) is 0 Å². The molecule has 0 N–H and O–H groups in total. The molecule has 35 heavy (non-hydrogen) atoms. The predicted octanol–water partition coefficient (Wildman–Crippen LogP) is 6.42. The van der Waals surface area contributed by atoms with Crippen LogP contribution in [0.25, 0.3) is 0 Å². The summed E-state index contributed by atoms with van der Waals surface area (Å²) in [7, 11) is 1.63. The van der Waals surface area contributed by atoms with E-state index in [0.29, 0.717) is 24.7 Å². The van der Waals surface area contributed by atoms with Gasteiger partial charge in [-0.15, -0.1) is 0 Å². The Balaban J connectivity index is 1.64. The van der Waals surface area contributed by atoms with Crippen molar-refractivity contribution in [3.05, 3.63) is 72.9 Å². The van der Waals surface area contributed by atoms with E-state index in [2.05, 4.69) is 22.0 Å². The topological polar surface area (TPSA) is 64.1 Å². The van der Waals surface area contributed by atoms with E-state index in [0.717, 1.165) is 30.0 Å². The smallest absolute Gasteiger partial charge is 0.410 e. The molecule has 1 amide bonds. The summed E-state index contributed by atoms with van der Waals surface area (Å²) in [6, 6.07) is 21.4. The van der Waals surface area contributed by atoms with Crippen LogP contribution < -0.4 is 14.4 Å². The highest BCUT2D eigenvalue weighted by molar-refractivity contribution is 5.71. The van der Waals surface area contributed by atoms with E-state index in [9.17, 15) is 4.79 Å². The standard InChI is InChI=1S/C28H33N3O4/c1-28(2,3)35-27(32)30-19-9-12-22(30)20-31(21-10-6-5-7-11-21)25-13-8-18-29-26(25)34-24-16-14-23(33-4)15-17-24/h5-8,10-11,13-18,22H,9,12,19-20H2,1-4H3. The summed E-state index contributed by atoms with van der Waals surface area (Å²) in [5.74, 6) is 1.91. The molecule has 1 aliphatic heterocycles. The van der Waals surface area contributed by atoms with Gasteiger partial charge < -0.3 is 24.0 Å². The number of pyridine rings is 1. The van der Waals surface area contributed by atoms with Crippen LogP contribution in [0.15, 0.2) is 72.9 Å². The van der Waals surface area contributed by atoms with Gasteiger partial charge in [-0.3, -0.25) is 0 Å². The first-order chi connectivity index (χ1) is 16.8. The Bertz CT molecular complexity index is 1110. The number of hydrogen-bond acceptors (Lipinski definition) is 6. The molecule has 1 atom stereocenters. The second-order valence-electron chi connectivity index (χ2n) is 9.52.